The van der Waals surface area contributed by atoms with Crippen LogP contribution in [0.25, 0.3) is 0 Å². The van der Waals surface area contributed by atoms with Crippen LogP contribution in [-0.2, 0) is 9.59 Å². The van der Waals surface area contributed by atoms with E-state index in [0.29, 0.717) is 6.42 Å². The maximum absolute atomic E-state index is 13.7. The maximum Gasteiger partial charge on any atom is 0.256 e. The van der Waals surface area contributed by atoms with Crippen LogP contribution in [0.2, 0.25) is 5.02 Å². The number of nitrogens with zero attached hydrogens (tertiary/aromatic N) is 1. The zero-order valence-corrected chi connectivity index (χ0v) is 15.7. The number of carbonyl (C=O) groups is 3. The molecule has 0 unspecified atom stereocenters. The second-order valence-electron chi connectivity index (χ2n) is 7.09. The number of benzene rings is 1. The van der Waals surface area contributed by atoms with E-state index in [-0.39, 0.29) is 40.9 Å². The normalized spacial score (nSPS) is 21.9. The summed E-state index contributed by atoms with van der Waals surface area (Å²) < 4.78 is 13.7. The quantitative estimate of drug-likeness (QED) is 0.801. The third-order valence-electron chi connectivity index (χ3n) is 5.16. The molecule has 1 aromatic rings. The van der Waals surface area contributed by atoms with Crippen molar-refractivity contribution in [2.24, 2.45) is 5.92 Å². The summed E-state index contributed by atoms with van der Waals surface area (Å²) in [4.78, 5) is 38.5. The Morgan fingerprint density at radius 2 is 1.93 bits per heavy atom. The highest BCUT2D eigenvalue weighted by Gasteiger charge is 2.34. The van der Waals surface area contributed by atoms with Crippen molar-refractivity contribution in [3.05, 3.63) is 34.6 Å². The number of hydrogen-bond donors (Lipinski definition) is 2. The third-order valence-corrected chi connectivity index (χ3v) is 5.48. The molecule has 0 spiro atoms. The Balaban J connectivity index is 1.44. The summed E-state index contributed by atoms with van der Waals surface area (Å²) in [5.41, 5.74) is -0.274. The summed E-state index contributed by atoms with van der Waals surface area (Å²) in [5, 5.41) is 5.21. The van der Waals surface area contributed by atoms with Gasteiger partial charge in [-0.25, -0.2) is 4.39 Å². The van der Waals surface area contributed by atoms with Gasteiger partial charge in [0.05, 0.1) is 17.1 Å². The molecule has 146 valence electrons. The molecule has 3 amide bonds. The molecule has 1 aliphatic carbocycles. The van der Waals surface area contributed by atoms with Gasteiger partial charge in [0, 0.05) is 25.0 Å². The van der Waals surface area contributed by atoms with Crippen molar-refractivity contribution in [3.63, 3.8) is 0 Å². The Kier molecular flexibility index (Phi) is 6.31. The van der Waals surface area contributed by atoms with Gasteiger partial charge in [-0.2, -0.15) is 0 Å². The van der Waals surface area contributed by atoms with E-state index in [1.165, 1.54) is 12.1 Å². The minimum absolute atomic E-state index is 0.00744. The van der Waals surface area contributed by atoms with Gasteiger partial charge in [-0.15, -0.1) is 0 Å². The van der Waals surface area contributed by atoms with Gasteiger partial charge in [-0.05, 0) is 44.2 Å². The lowest BCUT2D eigenvalue weighted by Crippen LogP contribution is -2.41. The molecule has 0 aromatic heterocycles. The van der Waals surface area contributed by atoms with Crippen molar-refractivity contribution < 1.29 is 18.8 Å². The minimum Gasteiger partial charge on any atom is -0.352 e. The van der Waals surface area contributed by atoms with Crippen molar-refractivity contribution in [1.29, 1.82) is 0 Å². The van der Waals surface area contributed by atoms with Gasteiger partial charge in [0.15, 0.2) is 0 Å². The molecule has 1 aliphatic heterocycles. The number of halogens is 2. The number of hydrogen-bond acceptors (Lipinski definition) is 3. The van der Waals surface area contributed by atoms with Gasteiger partial charge in [0.1, 0.15) is 5.82 Å². The predicted octanol–water partition coefficient (Wildman–Crippen LogP) is 2.12. The second kappa shape index (κ2) is 8.69. The summed E-state index contributed by atoms with van der Waals surface area (Å²) in [5.74, 6) is -1.69. The zero-order chi connectivity index (χ0) is 19.4. The number of rotatable bonds is 5. The topological polar surface area (TPSA) is 78.5 Å². The molecule has 0 radical (unpaired) electrons. The molecular weight excluding hydrogens is 373 g/mol. The van der Waals surface area contributed by atoms with E-state index in [9.17, 15) is 18.8 Å². The molecule has 1 saturated heterocycles. The average molecular weight is 396 g/mol. The Morgan fingerprint density at radius 1 is 1.19 bits per heavy atom. The summed E-state index contributed by atoms with van der Waals surface area (Å²) in [6.45, 7) is 1.39. The Hall–Kier alpha value is -2.15. The molecule has 1 aromatic carbocycles. The van der Waals surface area contributed by atoms with E-state index < -0.39 is 11.7 Å². The molecule has 0 bridgehead atoms. The highest BCUT2D eigenvalue weighted by molar-refractivity contribution is 6.33. The third kappa shape index (κ3) is 4.77. The lowest BCUT2D eigenvalue weighted by Gasteiger charge is -2.20. The first-order chi connectivity index (χ1) is 13.0. The molecule has 2 atom stereocenters. The van der Waals surface area contributed by atoms with Gasteiger partial charge in [-0.1, -0.05) is 17.7 Å². The highest BCUT2D eigenvalue weighted by atomic mass is 35.5. The molecule has 6 nitrogen and oxygen atoms in total. The van der Waals surface area contributed by atoms with Crippen molar-refractivity contribution in [2.75, 3.05) is 19.6 Å². The van der Waals surface area contributed by atoms with E-state index in [1.54, 1.807) is 0 Å². The van der Waals surface area contributed by atoms with Crippen LogP contribution in [0.3, 0.4) is 0 Å². The average Bonchev–Trinajstić information content (AvgIpc) is 3.31. The number of amides is 3. The van der Waals surface area contributed by atoms with Crippen molar-refractivity contribution >= 4 is 29.3 Å². The fraction of sp³-hybridized carbons (Fsp3) is 0.526. The molecule has 2 aliphatic rings. The Bertz CT molecular complexity index is 717. The van der Waals surface area contributed by atoms with Crippen LogP contribution in [0.15, 0.2) is 18.2 Å². The standard InChI is InChI=1S/C19H23ClFN3O3/c20-14-4-3-5-15(21)17(14)18(26)22-11-16(25)23-13-7-6-12(10-13)19(27)24-8-1-2-9-24/h3-5,12-13H,1-2,6-11H2,(H,22,26)(H,23,25)/t12-,13+/m1/s1. The summed E-state index contributed by atoms with van der Waals surface area (Å²) in [7, 11) is 0. The van der Waals surface area contributed by atoms with Crippen LogP contribution < -0.4 is 10.6 Å². The number of nitrogens with one attached hydrogen (secondary N) is 2. The Morgan fingerprint density at radius 3 is 2.63 bits per heavy atom. The van der Waals surface area contributed by atoms with Crippen LogP contribution in [0, 0.1) is 11.7 Å². The fourth-order valence-corrected chi connectivity index (χ4v) is 4.02. The van der Waals surface area contributed by atoms with Crippen molar-refractivity contribution in [2.45, 2.75) is 38.1 Å². The molecule has 2 fully saturated rings. The molecule has 8 heteroatoms. The smallest absolute Gasteiger partial charge is 0.256 e. The lowest BCUT2D eigenvalue weighted by atomic mass is 10.1. The van der Waals surface area contributed by atoms with E-state index in [2.05, 4.69) is 10.6 Å². The van der Waals surface area contributed by atoms with Gasteiger partial charge in [0.25, 0.3) is 5.91 Å². The first-order valence-electron chi connectivity index (χ1n) is 9.26. The van der Waals surface area contributed by atoms with Gasteiger partial charge in [-0.3, -0.25) is 14.4 Å². The van der Waals surface area contributed by atoms with Crippen LogP contribution in [0.1, 0.15) is 42.5 Å². The molecule has 27 heavy (non-hydrogen) atoms. The predicted molar refractivity (Wildman–Crippen MR) is 98.8 cm³/mol. The van der Waals surface area contributed by atoms with E-state index in [0.717, 1.165) is 44.8 Å². The van der Waals surface area contributed by atoms with E-state index in [1.807, 2.05) is 4.90 Å². The fourth-order valence-electron chi connectivity index (χ4n) is 3.78. The van der Waals surface area contributed by atoms with Crippen LogP contribution in [0.4, 0.5) is 4.39 Å². The van der Waals surface area contributed by atoms with Crippen molar-refractivity contribution in [1.82, 2.24) is 15.5 Å². The van der Waals surface area contributed by atoms with Crippen LogP contribution in [0.5, 0.6) is 0 Å². The molecule has 1 heterocycles. The van der Waals surface area contributed by atoms with Gasteiger partial charge < -0.3 is 15.5 Å². The van der Waals surface area contributed by atoms with E-state index >= 15 is 0 Å². The van der Waals surface area contributed by atoms with Crippen LogP contribution >= 0.6 is 11.6 Å². The minimum atomic E-state index is -0.737. The lowest BCUT2D eigenvalue weighted by molar-refractivity contribution is -0.134. The first kappa shape index (κ1) is 19.6. The second-order valence-corrected chi connectivity index (χ2v) is 7.49. The van der Waals surface area contributed by atoms with Crippen LogP contribution in [-0.4, -0.2) is 48.3 Å². The maximum atomic E-state index is 13.7. The Labute approximate surface area is 162 Å². The summed E-state index contributed by atoms with van der Waals surface area (Å²) >= 11 is 5.84. The SMILES string of the molecule is O=C(CNC(=O)c1c(F)cccc1Cl)N[C@H]1CC[C@@H](C(=O)N2CCCC2)C1. The van der Waals surface area contributed by atoms with Gasteiger partial charge >= 0.3 is 0 Å². The largest absolute Gasteiger partial charge is 0.352 e. The monoisotopic (exact) mass is 395 g/mol. The first-order valence-corrected chi connectivity index (χ1v) is 9.64. The van der Waals surface area contributed by atoms with E-state index in [4.69, 9.17) is 11.6 Å². The zero-order valence-electron chi connectivity index (χ0n) is 15.0. The number of carbonyl (C=O) groups excluding carboxylic acids is 3. The van der Waals surface area contributed by atoms with Gasteiger partial charge in [0.2, 0.25) is 11.8 Å². The molecular formula is C19H23ClFN3O3. The van der Waals surface area contributed by atoms with Crippen molar-refractivity contribution in [3.8, 4) is 0 Å². The summed E-state index contributed by atoms with van der Waals surface area (Å²) in [6, 6.07) is 3.87. The molecule has 1 saturated carbocycles. The molecule has 3 rings (SSSR count). The molecule has 2 N–H and O–H groups in total. The highest BCUT2D eigenvalue weighted by Crippen LogP contribution is 2.28. The summed E-state index contributed by atoms with van der Waals surface area (Å²) in [6.07, 6.45) is 4.24. The number of likely N-dealkylation sites (tertiary alicyclic amines) is 1.